The maximum Gasteiger partial charge on any atom is 0.248 e. The van der Waals surface area contributed by atoms with E-state index in [2.05, 4.69) is 10.3 Å². The molecule has 0 saturated heterocycles. The van der Waals surface area contributed by atoms with E-state index in [1.165, 1.54) is 0 Å². The highest BCUT2D eigenvalue weighted by molar-refractivity contribution is 5.92. The Hall–Kier alpha value is -2.99. The number of carbonyl (C=O) groups is 1. The van der Waals surface area contributed by atoms with Gasteiger partial charge in [0.1, 0.15) is 11.4 Å². The normalized spacial score (nSPS) is 10.7. The second-order valence-electron chi connectivity index (χ2n) is 5.23. The van der Waals surface area contributed by atoms with Crippen LogP contribution in [-0.4, -0.2) is 26.0 Å². The molecule has 6 heteroatoms. The number of rotatable bonds is 4. The molecule has 23 heavy (non-hydrogen) atoms. The molecule has 0 spiro atoms. The zero-order valence-electron chi connectivity index (χ0n) is 12.6. The summed E-state index contributed by atoms with van der Waals surface area (Å²) in [6.45, 7) is 1.80. The Morgan fingerprint density at radius 2 is 1.78 bits per heavy atom. The Morgan fingerprint density at radius 3 is 2.35 bits per heavy atom. The van der Waals surface area contributed by atoms with Crippen molar-refractivity contribution in [3.63, 3.8) is 0 Å². The first-order valence-corrected chi connectivity index (χ1v) is 7.13. The Balaban J connectivity index is 2.11. The van der Waals surface area contributed by atoms with Gasteiger partial charge in [0.25, 0.3) is 0 Å². The van der Waals surface area contributed by atoms with E-state index in [4.69, 9.17) is 5.73 Å². The fourth-order valence-electron chi connectivity index (χ4n) is 2.37. The maximum atomic E-state index is 11.2. The van der Waals surface area contributed by atoms with Gasteiger partial charge in [0.15, 0.2) is 0 Å². The molecule has 0 radical (unpaired) electrons. The maximum absolute atomic E-state index is 11.2. The van der Waals surface area contributed by atoms with Crippen molar-refractivity contribution in [3.8, 4) is 16.9 Å². The van der Waals surface area contributed by atoms with Crippen LogP contribution in [0.3, 0.4) is 0 Å². The molecular formula is C17H16N4O2. The number of aryl methyl sites for hydroxylation is 1. The Kier molecular flexibility index (Phi) is 3.91. The van der Waals surface area contributed by atoms with Crippen molar-refractivity contribution in [2.24, 2.45) is 5.73 Å². The van der Waals surface area contributed by atoms with Crippen LogP contribution in [0.25, 0.3) is 16.9 Å². The van der Waals surface area contributed by atoms with Gasteiger partial charge in [-0.05, 0) is 31.2 Å². The molecule has 2 aromatic carbocycles. The predicted octanol–water partition coefficient (Wildman–Crippen LogP) is 1.83. The van der Waals surface area contributed by atoms with Gasteiger partial charge in [0.2, 0.25) is 5.91 Å². The standard InChI is InChI=1S/C17H16N4O2/c1-11-2-4-12(5-3-11)16-15(10-22)19-20-21(16)14-8-6-13(7-9-14)17(18)23/h2-9,22H,10H2,1H3,(H2,18,23). The highest BCUT2D eigenvalue weighted by atomic mass is 16.3. The molecule has 0 unspecified atom stereocenters. The van der Waals surface area contributed by atoms with Gasteiger partial charge in [0.05, 0.1) is 12.3 Å². The fraction of sp³-hybridized carbons (Fsp3) is 0.118. The number of amides is 1. The second-order valence-corrected chi connectivity index (χ2v) is 5.23. The van der Waals surface area contributed by atoms with E-state index in [1.54, 1.807) is 28.9 Å². The third kappa shape index (κ3) is 2.84. The number of aliphatic hydroxyl groups is 1. The first-order valence-electron chi connectivity index (χ1n) is 7.13. The average Bonchev–Trinajstić information content (AvgIpc) is 2.99. The number of aliphatic hydroxyl groups excluding tert-OH is 1. The van der Waals surface area contributed by atoms with Crippen LogP contribution in [0, 0.1) is 6.92 Å². The van der Waals surface area contributed by atoms with Crippen molar-refractivity contribution >= 4 is 5.91 Å². The first-order chi connectivity index (χ1) is 11.1. The van der Waals surface area contributed by atoms with Crippen molar-refractivity contribution in [1.82, 2.24) is 15.0 Å². The van der Waals surface area contributed by atoms with E-state index < -0.39 is 5.91 Å². The highest BCUT2D eigenvalue weighted by Crippen LogP contribution is 2.25. The average molecular weight is 308 g/mol. The third-order valence-electron chi connectivity index (χ3n) is 3.61. The molecule has 6 nitrogen and oxygen atoms in total. The minimum absolute atomic E-state index is 0.206. The smallest absolute Gasteiger partial charge is 0.248 e. The van der Waals surface area contributed by atoms with E-state index in [0.717, 1.165) is 22.5 Å². The van der Waals surface area contributed by atoms with E-state index in [0.29, 0.717) is 11.3 Å². The molecule has 0 aliphatic carbocycles. The quantitative estimate of drug-likeness (QED) is 0.769. The van der Waals surface area contributed by atoms with Gasteiger partial charge in [-0.15, -0.1) is 5.10 Å². The molecular weight excluding hydrogens is 292 g/mol. The van der Waals surface area contributed by atoms with Gasteiger partial charge in [-0.1, -0.05) is 35.0 Å². The molecule has 3 N–H and O–H groups in total. The van der Waals surface area contributed by atoms with Crippen molar-refractivity contribution in [2.75, 3.05) is 0 Å². The van der Waals surface area contributed by atoms with Gasteiger partial charge in [-0.25, -0.2) is 4.68 Å². The molecule has 3 rings (SSSR count). The summed E-state index contributed by atoms with van der Waals surface area (Å²) in [4.78, 5) is 11.2. The predicted molar refractivity (Wildman–Crippen MR) is 86.0 cm³/mol. The van der Waals surface area contributed by atoms with Crippen molar-refractivity contribution in [2.45, 2.75) is 13.5 Å². The van der Waals surface area contributed by atoms with Crippen LogP contribution >= 0.6 is 0 Å². The summed E-state index contributed by atoms with van der Waals surface area (Å²) in [5, 5.41) is 17.7. The highest BCUT2D eigenvalue weighted by Gasteiger charge is 2.15. The summed E-state index contributed by atoms with van der Waals surface area (Å²) >= 11 is 0. The minimum atomic E-state index is -0.482. The molecule has 0 aliphatic rings. The van der Waals surface area contributed by atoms with Gasteiger partial charge in [0, 0.05) is 11.1 Å². The first kappa shape index (κ1) is 14.9. The zero-order chi connectivity index (χ0) is 16.4. The fourth-order valence-corrected chi connectivity index (χ4v) is 2.37. The number of nitrogens with zero attached hydrogens (tertiary/aromatic N) is 3. The lowest BCUT2D eigenvalue weighted by atomic mass is 10.1. The van der Waals surface area contributed by atoms with Crippen molar-refractivity contribution < 1.29 is 9.90 Å². The van der Waals surface area contributed by atoms with Gasteiger partial charge in [-0.2, -0.15) is 0 Å². The molecule has 0 atom stereocenters. The number of carbonyl (C=O) groups excluding carboxylic acids is 1. The van der Waals surface area contributed by atoms with Crippen LogP contribution in [0.1, 0.15) is 21.6 Å². The number of aromatic nitrogens is 3. The van der Waals surface area contributed by atoms with Gasteiger partial charge >= 0.3 is 0 Å². The number of nitrogens with two attached hydrogens (primary N) is 1. The van der Waals surface area contributed by atoms with E-state index in [1.807, 2.05) is 31.2 Å². The lowest BCUT2D eigenvalue weighted by molar-refractivity contribution is 0.100. The number of benzene rings is 2. The van der Waals surface area contributed by atoms with Crippen LogP contribution in [0.5, 0.6) is 0 Å². The summed E-state index contributed by atoms with van der Waals surface area (Å²) in [5.74, 6) is -0.482. The Morgan fingerprint density at radius 1 is 1.13 bits per heavy atom. The minimum Gasteiger partial charge on any atom is -0.390 e. The topological polar surface area (TPSA) is 94.0 Å². The van der Waals surface area contributed by atoms with Crippen LogP contribution in [-0.2, 0) is 6.61 Å². The van der Waals surface area contributed by atoms with E-state index in [9.17, 15) is 9.90 Å². The molecule has 0 aliphatic heterocycles. The van der Waals surface area contributed by atoms with Crippen LogP contribution in [0.15, 0.2) is 48.5 Å². The summed E-state index contributed by atoms with van der Waals surface area (Å²) < 4.78 is 1.64. The molecule has 116 valence electrons. The molecule has 1 heterocycles. The van der Waals surface area contributed by atoms with Gasteiger partial charge in [-0.3, -0.25) is 4.79 Å². The molecule has 1 amide bonds. The SMILES string of the molecule is Cc1ccc(-c2c(CO)nnn2-c2ccc(C(N)=O)cc2)cc1. The van der Waals surface area contributed by atoms with Crippen molar-refractivity contribution in [3.05, 3.63) is 65.4 Å². The molecule has 0 saturated carbocycles. The lowest BCUT2D eigenvalue weighted by Crippen LogP contribution is -2.11. The van der Waals surface area contributed by atoms with E-state index >= 15 is 0 Å². The second kappa shape index (κ2) is 6.02. The third-order valence-corrected chi connectivity index (χ3v) is 3.61. The van der Waals surface area contributed by atoms with Gasteiger partial charge < -0.3 is 10.8 Å². The Labute approximate surface area is 133 Å². The summed E-state index contributed by atoms with van der Waals surface area (Å²) in [5.41, 5.74) is 9.68. The molecule has 1 aromatic heterocycles. The largest absolute Gasteiger partial charge is 0.390 e. The van der Waals surface area contributed by atoms with Crippen LogP contribution in [0.4, 0.5) is 0 Å². The summed E-state index contributed by atoms with van der Waals surface area (Å²) in [6.07, 6.45) is 0. The summed E-state index contributed by atoms with van der Waals surface area (Å²) in [6, 6.07) is 14.7. The molecule has 0 fully saturated rings. The van der Waals surface area contributed by atoms with E-state index in [-0.39, 0.29) is 6.61 Å². The number of primary amides is 1. The number of hydrogen-bond donors (Lipinski definition) is 2. The lowest BCUT2D eigenvalue weighted by Gasteiger charge is -2.08. The van der Waals surface area contributed by atoms with Crippen molar-refractivity contribution in [1.29, 1.82) is 0 Å². The van der Waals surface area contributed by atoms with Crippen LogP contribution in [0.2, 0.25) is 0 Å². The summed E-state index contributed by atoms with van der Waals surface area (Å²) in [7, 11) is 0. The Bertz CT molecular complexity index is 836. The molecule has 3 aromatic rings. The van der Waals surface area contributed by atoms with Crippen LogP contribution < -0.4 is 5.73 Å². The molecule has 0 bridgehead atoms. The number of hydrogen-bond acceptors (Lipinski definition) is 4. The monoisotopic (exact) mass is 308 g/mol. The zero-order valence-corrected chi connectivity index (χ0v) is 12.6.